The Hall–Kier alpha value is 0.155. The van der Waals surface area contributed by atoms with Crippen molar-refractivity contribution >= 4 is 51.4 Å². The van der Waals surface area contributed by atoms with Crippen molar-refractivity contribution in [1.82, 2.24) is 0 Å². The Bertz CT molecular complexity index is 310. The molecule has 0 unspecified atom stereocenters. The van der Waals surface area contributed by atoms with E-state index in [1.807, 2.05) is 0 Å². The molecule has 0 bridgehead atoms. The summed E-state index contributed by atoms with van der Waals surface area (Å²) in [6.45, 7) is 0. The molecule has 9 heteroatoms. The van der Waals surface area contributed by atoms with Gasteiger partial charge in [0.15, 0.2) is 0 Å². The van der Waals surface area contributed by atoms with Gasteiger partial charge in [0.25, 0.3) is 0 Å². The Kier molecular flexibility index (Phi) is 47.5. The third-order valence-corrected chi connectivity index (χ3v) is 0.450. The molecule has 0 aliphatic heterocycles. The van der Waals surface area contributed by atoms with Crippen LogP contribution in [0.3, 0.4) is 0 Å². The molecule has 0 aromatic rings. The van der Waals surface area contributed by atoms with E-state index in [1.165, 1.54) is 0 Å². The van der Waals surface area contributed by atoms with Crippen molar-refractivity contribution in [1.29, 1.82) is 0 Å². The zero-order chi connectivity index (χ0) is 10.4. The molecule has 0 spiro atoms. The minimum absolute atomic E-state index is 0. The van der Waals surface area contributed by atoms with Crippen LogP contribution in [0.5, 0.6) is 0 Å². The van der Waals surface area contributed by atoms with E-state index in [-0.39, 0.29) is 68.5 Å². The summed E-state index contributed by atoms with van der Waals surface area (Å²) in [6, 6.07) is 0. The summed E-state index contributed by atoms with van der Waals surface area (Å²) in [5.74, 6) is 12.2. The van der Waals surface area contributed by atoms with Gasteiger partial charge in [0.1, 0.15) is 0 Å². The average Bonchev–Trinajstić information content (AvgIpc) is 2.17. The van der Waals surface area contributed by atoms with E-state index in [9.17, 15) is 0 Å². The number of rotatable bonds is 2. The molecule has 15 heavy (non-hydrogen) atoms. The van der Waals surface area contributed by atoms with Gasteiger partial charge in [0, 0.05) is 68.5 Å². The topological polar surface area (TPSA) is 87.8 Å². The molecule has 0 aromatic heterocycles. The van der Waals surface area contributed by atoms with Crippen molar-refractivity contribution in [2.75, 3.05) is 0 Å². The Morgan fingerprint density at radius 3 is 1.73 bits per heavy atom. The molecule has 0 aliphatic rings. The molecule has 6 nitrogen and oxygen atoms in total. The van der Waals surface area contributed by atoms with Crippen LogP contribution in [0.1, 0.15) is 0 Å². The summed E-state index contributed by atoms with van der Waals surface area (Å²) in [7, 11) is 0. The Morgan fingerprint density at radius 1 is 1.00 bits per heavy atom. The van der Waals surface area contributed by atoms with Crippen molar-refractivity contribution in [3.8, 4) is 23.7 Å². The zero-order valence-electron chi connectivity index (χ0n) is 7.52. The smallest absolute Gasteiger partial charge is 0 e. The van der Waals surface area contributed by atoms with Gasteiger partial charge in [-0.2, -0.15) is 0 Å². The molecule has 0 fully saturated rings. The van der Waals surface area contributed by atoms with E-state index in [4.69, 9.17) is 12.8 Å². The van der Waals surface area contributed by atoms with E-state index in [1.54, 1.807) is 11.8 Å². The first-order chi connectivity index (χ1) is 6.33. The first-order valence-electron chi connectivity index (χ1n) is 2.47. The van der Waals surface area contributed by atoms with Gasteiger partial charge in [-0.05, 0) is 0 Å². The number of hydrogen-bond donors (Lipinski definition) is 1. The molecule has 1 radical (unpaired) electrons. The predicted molar refractivity (Wildman–Crippen MR) is 44.1 cm³/mol. The molecule has 0 amide bonds. The maximum absolute atomic E-state index is 6.16. The van der Waals surface area contributed by atoms with Crippen LogP contribution in [0.4, 0.5) is 0 Å². The molecule has 0 aromatic carbocycles. The van der Waals surface area contributed by atoms with E-state index in [0.717, 1.165) is 0 Å². The van der Waals surface area contributed by atoms with Gasteiger partial charge < -0.3 is 24.7 Å². The molecular formula is C6H2Fe2KN6-. The van der Waals surface area contributed by atoms with Crippen LogP contribution in [0, 0.1) is 36.5 Å². The van der Waals surface area contributed by atoms with Gasteiger partial charge in [0.05, 0.1) is 0 Å². The second-order valence-corrected chi connectivity index (χ2v) is 1.18. The van der Waals surface area contributed by atoms with E-state index < -0.39 is 0 Å². The fourth-order valence-electron chi connectivity index (χ4n) is 0.118. The van der Waals surface area contributed by atoms with Crippen molar-refractivity contribution in [3.63, 3.8) is 0 Å². The summed E-state index contributed by atoms with van der Waals surface area (Å²) in [5.41, 5.74) is 0. The van der Waals surface area contributed by atoms with Gasteiger partial charge in [0.2, 0.25) is 0 Å². The van der Waals surface area contributed by atoms with Crippen LogP contribution in [0.15, 0.2) is 25.0 Å². The molecule has 0 saturated heterocycles. The van der Waals surface area contributed by atoms with Crippen molar-refractivity contribution in [3.05, 3.63) is 12.8 Å². The molecule has 0 atom stereocenters. The third-order valence-electron chi connectivity index (χ3n) is 0.351. The number of nitrogens with zero attached hydrogens (tertiary/aromatic N) is 5. The SMILES string of the molecule is N/N=N/N=N/[N]=[Fe+].[C-]#CC#CC#[C-].[Fe].[K]. The van der Waals surface area contributed by atoms with Gasteiger partial charge in [-0.3, -0.25) is 11.8 Å². The van der Waals surface area contributed by atoms with E-state index >= 15 is 0 Å². The van der Waals surface area contributed by atoms with Crippen LogP contribution in [0.2, 0.25) is 0 Å². The number of nitrogens with two attached hydrogens (primary N) is 1. The minimum atomic E-state index is 0. The first kappa shape index (κ1) is 24.4. The normalized spacial score (nSPS) is 6.27. The molecule has 2 N–H and O–H groups in total. The maximum Gasteiger partial charge on any atom is 0 e. The third kappa shape index (κ3) is 40.9. The quantitative estimate of drug-likeness (QED) is 0.193. The Morgan fingerprint density at radius 2 is 1.47 bits per heavy atom. The largest absolute Gasteiger partial charge is 0.360 e. The summed E-state index contributed by atoms with van der Waals surface area (Å²) >= 11 is 2.98. The van der Waals surface area contributed by atoms with Crippen molar-refractivity contribution in [2.45, 2.75) is 0 Å². The fraction of sp³-hybridized carbons (Fsp3) is 0. The summed E-state index contributed by atoms with van der Waals surface area (Å²) in [6.07, 6.45) is 12.3. The molecule has 0 aliphatic carbocycles. The molecular weight excluding hydrogens is 307 g/mol. The molecule has 0 heterocycles. The van der Waals surface area contributed by atoms with Crippen LogP contribution >= 0.6 is 0 Å². The van der Waals surface area contributed by atoms with Gasteiger partial charge in [-0.25, -0.2) is 0 Å². The second kappa shape index (κ2) is 29.2. The summed E-state index contributed by atoms with van der Waals surface area (Å²) in [4.78, 5) is 0. The number of hydrogen-bond acceptors (Lipinski definition) is 2. The van der Waals surface area contributed by atoms with Gasteiger partial charge in [-0.15, -0.1) is 0 Å². The zero-order valence-corrected chi connectivity index (χ0v) is 12.9. The average molecular weight is 309 g/mol. The van der Waals surface area contributed by atoms with Crippen LogP contribution in [-0.2, 0) is 32.9 Å². The Balaban J connectivity index is -0.0000000718. The standard InChI is InChI=1S/C6.2Fe.K.H2N6/c1-3-5-6-4-2;;;;1-3-5-6-4-2/h;;;;(H2,1,4,5)/q-2;;+1;;. The summed E-state index contributed by atoms with van der Waals surface area (Å²) < 4.78 is 2.97. The first-order valence-corrected chi connectivity index (χ1v) is 2.96. The van der Waals surface area contributed by atoms with Crippen LogP contribution in [-0.4, -0.2) is 51.4 Å². The van der Waals surface area contributed by atoms with Crippen LogP contribution in [0.25, 0.3) is 0 Å². The summed E-state index contributed by atoms with van der Waals surface area (Å²) in [5, 5.41) is 11.5. The van der Waals surface area contributed by atoms with E-state index in [0.29, 0.717) is 0 Å². The molecule has 74 valence electrons. The predicted octanol–water partition coefficient (Wildman–Crippen LogP) is 0.111. The minimum Gasteiger partial charge on any atom is -0.360 e. The van der Waals surface area contributed by atoms with Crippen LogP contribution < -0.4 is 5.84 Å². The van der Waals surface area contributed by atoms with Gasteiger partial charge >= 0.3 is 46.6 Å². The van der Waals surface area contributed by atoms with Gasteiger partial charge in [-0.1, -0.05) is 0 Å². The van der Waals surface area contributed by atoms with E-state index in [2.05, 4.69) is 58.5 Å². The molecule has 0 saturated carbocycles. The maximum atomic E-state index is 6.16. The second-order valence-electron chi connectivity index (χ2n) is 0.955. The Labute approximate surface area is 149 Å². The van der Waals surface area contributed by atoms with Crippen molar-refractivity contribution in [2.24, 2.45) is 30.8 Å². The fourth-order valence-corrected chi connectivity index (χ4v) is 0.162. The molecule has 0 rings (SSSR count). The monoisotopic (exact) mass is 309 g/mol. The van der Waals surface area contributed by atoms with Crippen molar-refractivity contribution < 1.29 is 32.9 Å².